The summed E-state index contributed by atoms with van der Waals surface area (Å²) in [5, 5.41) is 0. The number of amides is 2. The summed E-state index contributed by atoms with van der Waals surface area (Å²) in [4.78, 5) is 33.2. The van der Waals surface area contributed by atoms with E-state index in [1.54, 1.807) is 42.7 Å². The first kappa shape index (κ1) is 10.9. The molecule has 2 amide bonds. The molecular formula is C15H9N3O2. The standard InChI is InChI=1S/C15H9N3O2/c19-14-9-4-1-2-5-10(9)15(20)18(14)12-7-3-6-11-13(12)17-8-16-11/h1-8H,(H,16,17). The average Bonchev–Trinajstić information content (AvgIpc) is 3.04. The smallest absolute Gasteiger partial charge is 0.266 e. The van der Waals surface area contributed by atoms with Gasteiger partial charge in [0.1, 0.15) is 5.52 Å². The van der Waals surface area contributed by atoms with Crippen molar-refractivity contribution in [2.75, 3.05) is 4.90 Å². The number of carbonyl (C=O) groups excluding carboxylic acids is 2. The minimum absolute atomic E-state index is 0.305. The molecule has 0 bridgehead atoms. The van der Waals surface area contributed by atoms with Gasteiger partial charge >= 0.3 is 0 Å². The Morgan fingerprint density at radius 2 is 1.60 bits per heavy atom. The number of hydrogen-bond donors (Lipinski definition) is 1. The van der Waals surface area contributed by atoms with Crippen LogP contribution in [0.15, 0.2) is 48.8 Å². The normalized spacial score (nSPS) is 14.1. The molecule has 0 unspecified atom stereocenters. The summed E-state index contributed by atoms with van der Waals surface area (Å²) in [5.74, 6) is -0.609. The molecule has 0 spiro atoms. The number of anilines is 1. The monoisotopic (exact) mass is 263 g/mol. The Balaban J connectivity index is 1.95. The van der Waals surface area contributed by atoms with Gasteiger partial charge in [-0.3, -0.25) is 9.59 Å². The lowest BCUT2D eigenvalue weighted by atomic mass is 10.1. The average molecular weight is 263 g/mol. The third-order valence-corrected chi connectivity index (χ3v) is 3.46. The van der Waals surface area contributed by atoms with E-state index in [4.69, 9.17) is 0 Å². The van der Waals surface area contributed by atoms with Crippen molar-refractivity contribution in [3.63, 3.8) is 0 Å². The quantitative estimate of drug-likeness (QED) is 0.685. The molecule has 5 heteroatoms. The van der Waals surface area contributed by atoms with Gasteiger partial charge in [-0.25, -0.2) is 9.88 Å². The Kier molecular flexibility index (Phi) is 2.06. The van der Waals surface area contributed by atoms with Crippen LogP contribution in [0.25, 0.3) is 11.0 Å². The number of imide groups is 1. The highest BCUT2D eigenvalue weighted by Gasteiger charge is 2.37. The minimum Gasteiger partial charge on any atom is -0.345 e. The van der Waals surface area contributed by atoms with E-state index in [0.29, 0.717) is 22.3 Å². The van der Waals surface area contributed by atoms with Crippen LogP contribution in [0, 0.1) is 0 Å². The van der Waals surface area contributed by atoms with E-state index in [1.807, 2.05) is 6.07 Å². The van der Waals surface area contributed by atoms with Crippen molar-refractivity contribution in [3.8, 4) is 0 Å². The van der Waals surface area contributed by atoms with Gasteiger partial charge in [-0.2, -0.15) is 0 Å². The maximum atomic E-state index is 12.4. The van der Waals surface area contributed by atoms with Gasteiger partial charge < -0.3 is 4.98 Å². The molecular weight excluding hydrogens is 254 g/mol. The fourth-order valence-corrected chi connectivity index (χ4v) is 2.54. The second-order valence-electron chi connectivity index (χ2n) is 4.57. The molecule has 0 atom stereocenters. The van der Waals surface area contributed by atoms with Crippen LogP contribution < -0.4 is 4.90 Å². The van der Waals surface area contributed by atoms with Crippen LogP contribution >= 0.6 is 0 Å². The number of aromatic amines is 1. The lowest BCUT2D eigenvalue weighted by molar-refractivity contribution is 0.0926. The second-order valence-corrected chi connectivity index (χ2v) is 4.57. The van der Waals surface area contributed by atoms with E-state index in [0.717, 1.165) is 5.52 Å². The molecule has 1 N–H and O–H groups in total. The molecule has 5 nitrogen and oxygen atoms in total. The molecule has 0 radical (unpaired) electrons. The summed E-state index contributed by atoms with van der Waals surface area (Å²) >= 11 is 0. The van der Waals surface area contributed by atoms with Crippen LogP contribution in [-0.4, -0.2) is 21.8 Å². The molecule has 96 valence electrons. The van der Waals surface area contributed by atoms with E-state index in [9.17, 15) is 9.59 Å². The Bertz CT molecular complexity index is 831. The predicted octanol–water partition coefficient (Wildman–Crippen LogP) is 2.36. The summed E-state index contributed by atoms with van der Waals surface area (Å²) in [6, 6.07) is 12.2. The second kappa shape index (κ2) is 3.77. The summed E-state index contributed by atoms with van der Waals surface area (Å²) < 4.78 is 0. The minimum atomic E-state index is -0.305. The van der Waals surface area contributed by atoms with Crippen molar-refractivity contribution in [3.05, 3.63) is 59.9 Å². The Labute approximate surface area is 113 Å². The van der Waals surface area contributed by atoms with E-state index in [2.05, 4.69) is 9.97 Å². The van der Waals surface area contributed by atoms with Crippen molar-refractivity contribution < 1.29 is 9.59 Å². The van der Waals surface area contributed by atoms with Gasteiger partial charge in [0.2, 0.25) is 0 Å². The van der Waals surface area contributed by atoms with Crippen LogP contribution in [0.4, 0.5) is 5.69 Å². The summed E-state index contributed by atoms with van der Waals surface area (Å²) in [6.07, 6.45) is 1.55. The molecule has 0 saturated heterocycles. The van der Waals surface area contributed by atoms with Crippen LogP contribution in [0.3, 0.4) is 0 Å². The van der Waals surface area contributed by atoms with E-state index < -0.39 is 0 Å². The number of para-hydroxylation sites is 1. The number of carbonyl (C=O) groups is 2. The Morgan fingerprint density at radius 1 is 0.900 bits per heavy atom. The van der Waals surface area contributed by atoms with Gasteiger partial charge in [0, 0.05) is 0 Å². The van der Waals surface area contributed by atoms with Gasteiger partial charge in [-0.05, 0) is 24.3 Å². The molecule has 1 aliphatic heterocycles. The molecule has 4 rings (SSSR count). The van der Waals surface area contributed by atoms with Gasteiger partial charge in [0.15, 0.2) is 0 Å². The SMILES string of the molecule is O=C1c2ccccc2C(=O)N1c1cccc2[nH]cnc12. The molecule has 0 aliphatic carbocycles. The number of nitrogens with one attached hydrogen (secondary N) is 1. The van der Waals surface area contributed by atoms with Gasteiger partial charge in [-0.15, -0.1) is 0 Å². The molecule has 1 aliphatic rings. The number of hydrogen-bond acceptors (Lipinski definition) is 3. The molecule has 3 aromatic rings. The summed E-state index contributed by atoms with van der Waals surface area (Å²) in [7, 11) is 0. The fraction of sp³-hybridized carbons (Fsp3) is 0. The maximum Gasteiger partial charge on any atom is 0.266 e. The maximum absolute atomic E-state index is 12.4. The zero-order chi connectivity index (χ0) is 13.7. The number of fused-ring (bicyclic) bond motifs is 2. The zero-order valence-electron chi connectivity index (χ0n) is 10.3. The van der Waals surface area contributed by atoms with E-state index in [-0.39, 0.29) is 11.8 Å². The number of H-pyrrole nitrogens is 1. The highest BCUT2D eigenvalue weighted by molar-refractivity contribution is 6.35. The van der Waals surface area contributed by atoms with E-state index in [1.165, 1.54) is 4.90 Å². The predicted molar refractivity (Wildman–Crippen MR) is 73.7 cm³/mol. The van der Waals surface area contributed by atoms with Crippen LogP contribution in [0.2, 0.25) is 0 Å². The van der Waals surface area contributed by atoms with Crippen LogP contribution in [0.1, 0.15) is 20.7 Å². The van der Waals surface area contributed by atoms with Crippen molar-refractivity contribution in [2.24, 2.45) is 0 Å². The number of benzene rings is 2. The van der Waals surface area contributed by atoms with Crippen LogP contribution in [-0.2, 0) is 0 Å². The fourth-order valence-electron chi connectivity index (χ4n) is 2.54. The highest BCUT2D eigenvalue weighted by Crippen LogP contribution is 2.31. The molecule has 0 fully saturated rings. The summed E-state index contributed by atoms with van der Waals surface area (Å²) in [5.41, 5.74) is 2.78. The van der Waals surface area contributed by atoms with Crippen molar-refractivity contribution in [1.29, 1.82) is 0 Å². The van der Waals surface area contributed by atoms with E-state index >= 15 is 0 Å². The molecule has 20 heavy (non-hydrogen) atoms. The first-order valence-corrected chi connectivity index (χ1v) is 6.17. The van der Waals surface area contributed by atoms with Crippen molar-refractivity contribution in [1.82, 2.24) is 9.97 Å². The lowest BCUT2D eigenvalue weighted by Crippen LogP contribution is -2.29. The summed E-state index contributed by atoms with van der Waals surface area (Å²) in [6.45, 7) is 0. The van der Waals surface area contributed by atoms with Gasteiger partial charge in [0.25, 0.3) is 11.8 Å². The zero-order valence-corrected chi connectivity index (χ0v) is 10.3. The van der Waals surface area contributed by atoms with Gasteiger partial charge in [-0.1, -0.05) is 18.2 Å². The Morgan fingerprint density at radius 3 is 2.30 bits per heavy atom. The Hall–Kier alpha value is -2.95. The largest absolute Gasteiger partial charge is 0.345 e. The molecule has 0 saturated carbocycles. The number of rotatable bonds is 1. The van der Waals surface area contributed by atoms with Crippen molar-refractivity contribution in [2.45, 2.75) is 0 Å². The number of imidazole rings is 1. The first-order chi connectivity index (χ1) is 9.77. The molecule has 2 heterocycles. The van der Waals surface area contributed by atoms with Crippen LogP contribution in [0.5, 0.6) is 0 Å². The van der Waals surface area contributed by atoms with Crippen molar-refractivity contribution >= 4 is 28.5 Å². The topological polar surface area (TPSA) is 66.1 Å². The molecule has 2 aromatic carbocycles. The third kappa shape index (κ3) is 1.29. The molecule has 1 aromatic heterocycles. The van der Waals surface area contributed by atoms with Gasteiger partial charge in [0.05, 0.1) is 28.7 Å². The lowest BCUT2D eigenvalue weighted by Gasteiger charge is -2.14. The number of aromatic nitrogens is 2. The number of nitrogens with zero attached hydrogens (tertiary/aromatic N) is 2. The third-order valence-electron chi connectivity index (χ3n) is 3.46. The first-order valence-electron chi connectivity index (χ1n) is 6.17. The highest BCUT2D eigenvalue weighted by atomic mass is 16.2.